The molecule has 0 spiro atoms. The first-order chi connectivity index (χ1) is 8.53. The third kappa shape index (κ3) is 3.86. The molecule has 0 aliphatic carbocycles. The SMILES string of the molecule is C=CC(OCc1ccc(OC)cc1)C(C)(C)CO. The molecule has 1 aromatic rings. The second-order valence-electron chi connectivity index (χ2n) is 4.96. The van der Waals surface area contributed by atoms with E-state index in [9.17, 15) is 5.11 Å². The minimum Gasteiger partial charge on any atom is -0.497 e. The van der Waals surface area contributed by atoms with Gasteiger partial charge in [-0.3, -0.25) is 0 Å². The molecule has 1 unspecified atom stereocenters. The number of hydrogen-bond donors (Lipinski definition) is 1. The number of rotatable bonds is 7. The maximum atomic E-state index is 9.32. The fourth-order valence-electron chi connectivity index (χ4n) is 1.61. The van der Waals surface area contributed by atoms with Crippen LogP contribution in [0.2, 0.25) is 0 Å². The molecule has 0 aliphatic rings. The van der Waals surface area contributed by atoms with Crippen molar-refractivity contribution in [2.75, 3.05) is 13.7 Å². The standard InChI is InChI=1S/C15H22O3/c1-5-14(15(2,3)11-16)18-10-12-6-8-13(17-4)9-7-12/h5-9,14,16H,1,10-11H2,2-4H3. The molecule has 1 atom stereocenters. The van der Waals surface area contributed by atoms with E-state index in [-0.39, 0.29) is 18.1 Å². The lowest BCUT2D eigenvalue weighted by molar-refractivity contribution is -0.0287. The zero-order chi connectivity index (χ0) is 13.6. The van der Waals surface area contributed by atoms with Crippen LogP contribution in [0.25, 0.3) is 0 Å². The third-order valence-electron chi connectivity index (χ3n) is 2.98. The smallest absolute Gasteiger partial charge is 0.118 e. The Morgan fingerprint density at radius 3 is 2.39 bits per heavy atom. The maximum Gasteiger partial charge on any atom is 0.118 e. The van der Waals surface area contributed by atoms with Gasteiger partial charge in [0.2, 0.25) is 0 Å². The normalized spacial score (nSPS) is 13.1. The van der Waals surface area contributed by atoms with E-state index < -0.39 is 0 Å². The first-order valence-electron chi connectivity index (χ1n) is 6.01. The fourth-order valence-corrected chi connectivity index (χ4v) is 1.61. The summed E-state index contributed by atoms with van der Waals surface area (Å²) >= 11 is 0. The van der Waals surface area contributed by atoms with E-state index in [2.05, 4.69) is 6.58 Å². The van der Waals surface area contributed by atoms with E-state index in [1.165, 1.54) is 0 Å². The zero-order valence-corrected chi connectivity index (χ0v) is 11.3. The summed E-state index contributed by atoms with van der Waals surface area (Å²) in [6, 6.07) is 7.73. The highest BCUT2D eigenvalue weighted by Gasteiger charge is 2.27. The van der Waals surface area contributed by atoms with Crippen molar-refractivity contribution >= 4 is 0 Å². The van der Waals surface area contributed by atoms with Crippen molar-refractivity contribution in [3.05, 3.63) is 42.5 Å². The van der Waals surface area contributed by atoms with Crippen LogP contribution in [0.1, 0.15) is 19.4 Å². The van der Waals surface area contributed by atoms with Gasteiger partial charge in [-0.05, 0) is 17.7 Å². The molecular formula is C15H22O3. The number of aliphatic hydroxyl groups is 1. The Balaban J connectivity index is 2.59. The minimum absolute atomic E-state index is 0.0618. The molecule has 0 saturated carbocycles. The Kier molecular flexibility index (Phi) is 5.38. The molecule has 0 aliphatic heterocycles. The molecule has 0 fully saturated rings. The van der Waals surface area contributed by atoms with Gasteiger partial charge in [-0.2, -0.15) is 0 Å². The highest BCUT2D eigenvalue weighted by molar-refractivity contribution is 5.26. The molecule has 0 radical (unpaired) electrons. The number of methoxy groups -OCH3 is 1. The third-order valence-corrected chi connectivity index (χ3v) is 2.98. The van der Waals surface area contributed by atoms with Crippen LogP contribution in [0, 0.1) is 5.41 Å². The lowest BCUT2D eigenvalue weighted by atomic mass is 9.87. The van der Waals surface area contributed by atoms with Crippen LogP contribution in [-0.2, 0) is 11.3 Å². The van der Waals surface area contributed by atoms with Crippen LogP contribution in [0.3, 0.4) is 0 Å². The van der Waals surface area contributed by atoms with Gasteiger partial charge < -0.3 is 14.6 Å². The van der Waals surface area contributed by atoms with E-state index in [0.29, 0.717) is 6.61 Å². The second-order valence-corrected chi connectivity index (χ2v) is 4.96. The van der Waals surface area contributed by atoms with Crippen molar-refractivity contribution in [1.29, 1.82) is 0 Å². The van der Waals surface area contributed by atoms with Crippen molar-refractivity contribution in [3.63, 3.8) is 0 Å². The minimum atomic E-state index is -0.325. The van der Waals surface area contributed by atoms with Crippen molar-refractivity contribution < 1.29 is 14.6 Å². The van der Waals surface area contributed by atoms with Crippen molar-refractivity contribution in [1.82, 2.24) is 0 Å². The Bertz CT molecular complexity index is 368. The molecule has 0 bridgehead atoms. The van der Waals surface area contributed by atoms with Gasteiger partial charge in [-0.15, -0.1) is 6.58 Å². The summed E-state index contributed by atoms with van der Waals surface area (Å²) in [5.41, 5.74) is 0.741. The molecule has 0 aromatic heterocycles. The predicted molar refractivity (Wildman–Crippen MR) is 72.6 cm³/mol. The summed E-state index contributed by atoms with van der Waals surface area (Å²) in [5, 5.41) is 9.32. The highest BCUT2D eigenvalue weighted by atomic mass is 16.5. The average Bonchev–Trinajstić information content (AvgIpc) is 2.40. The van der Waals surface area contributed by atoms with E-state index in [0.717, 1.165) is 11.3 Å². The van der Waals surface area contributed by atoms with E-state index in [1.807, 2.05) is 38.1 Å². The van der Waals surface area contributed by atoms with Gasteiger partial charge in [-0.25, -0.2) is 0 Å². The molecule has 1 aromatic carbocycles. The van der Waals surface area contributed by atoms with Gasteiger partial charge in [-0.1, -0.05) is 32.1 Å². The molecule has 3 heteroatoms. The Hall–Kier alpha value is -1.32. The zero-order valence-electron chi connectivity index (χ0n) is 11.3. The summed E-state index contributed by atoms with van der Waals surface area (Å²) in [5.74, 6) is 0.828. The van der Waals surface area contributed by atoms with Crippen molar-refractivity contribution in [2.24, 2.45) is 5.41 Å². The van der Waals surface area contributed by atoms with Crippen molar-refractivity contribution in [2.45, 2.75) is 26.6 Å². The number of aliphatic hydroxyl groups excluding tert-OH is 1. The molecule has 3 nitrogen and oxygen atoms in total. The van der Waals surface area contributed by atoms with Gasteiger partial charge in [0, 0.05) is 5.41 Å². The van der Waals surface area contributed by atoms with Gasteiger partial charge in [0.1, 0.15) is 5.75 Å². The van der Waals surface area contributed by atoms with Crippen LogP contribution in [0.15, 0.2) is 36.9 Å². The largest absolute Gasteiger partial charge is 0.497 e. The summed E-state index contributed by atoms with van der Waals surface area (Å²) in [6.07, 6.45) is 1.56. The van der Waals surface area contributed by atoms with Crippen LogP contribution < -0.4 is 4.74 Å². The summed E-state index contributed by atoms with van der Waals surface area (Å²) in [7, 11) is 1.64. The Morgan fingerprint density at radius 1 is 1.33 bits per heavy atom. The van der Waals surface area contributed by atoms with Crippen LogP contribution in [-0.4, -0.2) is 24.9 Å². The van der Waals surface area contributed by atoms with Gasteiger partial charge in [0.05, 0.1) is 26.4 Å². The lowest BCUT2D eigenvalue weighted by Crippen LogP contribution is -2.33. The molecule has 0 amide bonds. The molecule has 0 heterocycles. The van der Waals surface area contributed by atoms with Crippen molar-refractivity contribution in [3.8, 4) is 5.75 Å². The Morgan fingerprint density at radius 2 is 1.94 bits per heavy atom. The Labute approximate surface area is 109 Å². The first kappa shape index (κ1) is 14.7. The number of hydrogen-bond acceptors (Lipinski definition) is 3. The topological polar surface area (TPSA) is 38.7 Å². The van der Waals surface area contributed by atoms with Crippen LogP contribution in [0.5, 0.6) is 5.75 Å². The summed E-state index contributed by atoms with van der Waals surface area (Å²) in [6.45, 7) is 8.21. The molecule has 18 heavy (non-hydrogen) atoms. The quantitative estimate of drug-likeness (QED) is 0.756. The van der Waals surface area contributed by atoms with Crippen LogP contribution in [0.4, 0.5) is 0 Å². The maximum absolute atomic E-state index is 9.32. The molecule has 1 N–H and O–H groups in total. The molecule has 100 valence electrons. The van der Waals surface area contributed by atoms with Gasteiger partial charge in [0.25, 0.3) is 0 Å². The average molecular weight is 250 g/mol. The van der Waals surface area contributed by atoms with E-state index >= 15 is 0 Å². The molecule has 0 saturated heterocycles. The summed E-state index contributed by atoms with van der Waals surface area (Å²) in [4.78, 5) is 0. The first-order valence-corrected chi connectivity index (χ1v) is 6.01. The van der Waals surface area contributed by atoms with E-state index in [4.69, 9.17) is 9.47 Å². The van der Waals surface area contributed by atoms with E-state index in [1.54, 1.807) is 13.2 Å². The second kappa shape index (κ2) is 6.57. The predicted octanol–water partition coefficient (Wildman–Crippen LogP) is 2.78. The molecular weight excluding hydrogens is 228 g/mol. The lowest BCUT2D eigenvalue weighted by Gasteiger charge is -2.30. The van der Waals surface area contributed by atoms with Crippen LogP contribution >= 0.6 is 0 Å². The number of ether oxygens (including phenoxy) is 2. The number of benzene rings is 1. The fraction of sp³-hybridized carbons (Fsp3) is 0.467. The summed E-state index contributed by atoms with van der Waals surface area (Å²) < 4.78 is 10.9. The monoisotopic (exact) mass is 250 g/mol. The molecule has 1 rings (SSSR count). The van der Waals surface area contributed by atoms with Gasteiger partial charge >= 0.3 is 0 Å². The highest BCUT2D eigenvalue weighted by Crippen LogP contribution is 2.24. The van der Waals surface area contributed by atoms with Gasteiger partial charge in [0.15, 0.2) is 0 Å².